The van der Waals surface area contributed by atoms with Gasteiger partial charge >= 0.3 is 6.09 Å². The van der Waals surface area contributed by atoms with Gasteiger partial charge in [-0.3, -0.25) is 9.89 Å². The Hall–Kier alpha value is -2.09. The van der Waals surface area contributed by atoms with Gasteiger partial charge in [0.15, 0.2) is 0 Å². The normalized spacial score (nSPS) is 19.2. The number of hydrogen-bond donors (Lipinski definition) is 2. The molecule has 1 aromatic heterocycles. The van der Waals surface area contributed by atoms with Crippen LogP contribution in [-0.4, -0.2) is 69.8 Å². The van der Waals surface area contributed by atoms with Crippen LogP contribution in [0.15, 0.2) is 12.3 Å². The fraction of sp³-hybridized carbons (Fsp3) is 0.643. The molecule has 1 aliphatic heterocycles. The second-order valence-corrected chi connectivity index (χ2v) is 6.28. The summed E-state index contributed by atoms with van der Waals surface area (Å²) >= 11 is 0. The lowest BCUT2D eigenvalue weighted by atomic mass is 10.1. The summed E-state index contributed by atoms with van der Waals surface area (Å²) in [5.74, 6) is -0.156. The van der Waals surface area contributed by atoms with Crippen molar-refractivity contribution >= 4 is 12.0 Å². The third kappa shape index (κ3) is 3.76. The molecule has 1 saturated heterocycles. The van der Waals surface area contributed by atoms with Crippen LogP contribution in [0.3, 0.4) is 0 Å². The molecule has 0 aliphatic carbocycles. The number of nitrogens with two attached hydrogens (primary N) is 1. The minimum Gasteiger partial charge on any atom is -0.444 e. The number of ether oxygens (including phenoxy) is 1. The molecule has 0 bridgehead atoms. The summed E-state index contributed by atoms with van der Waals surface area (Å²) in [7, 11) is 0. The highest BCUT2D eigenvalue weighted by atomic mass is 16.6. The number of carbonyl (C=O) groups is 2. The Morgan fingerprint density at radius 2 is 2.18 bits per heavy atom. The molecule has 2 rings (SSSR count). The lowest BCUT2D eigenvalue weighted by Gasteiger charge is -2.41. The van der Waals surface area contributed by atoms with Crippen LogP contribution in [0.2, 0.25) is 0 Å². The topological polar surface area (TPSA) is 105 Å². The maximum absolute atomic E-state index is 12.4. The predicted molar refractivity (Wildman–Crippen MR) is 80.3 cm³/mol. The lowest BCUT2D eigenvalue weighted by molar-refractivity contribution is 0.00516. The Bertz CT molecular complexity index is 523. The van der Waals surface area contributed by atoms with Crippen molar-refractivity contribution in [3.05, 3.63) is 18.0 Å². The number of aromatic amines is 1. The Morgan fingerprint density at radius 3 is 2.73 bits per heavy atom. The second-order valence-electron chi connectivity index (χ2n) is 6.28. The zero-order valence-electron chi connectivity index (χ0n) is 13.2. The van der Waals surface area contributed by atoms with Crippen molar-refractivity contribution in [3.63, 3.8) is 0 Å². The van der Waals surface area contributed by atoms with E-state index in [1.165, 1.54) is 6.20 Å². The highest BCUT2D eigenvalue weighted by Gasteiger charge is 2.34. The van der Waals surface area contributed by atoms with Crippen LogP contribution in [0.5, 0.6) is 0 Å². The van der Waals surface area contributed by atoms with Gasteiger partial charge in [0.05, 0.1) is 6.04 Å². The summed E-state index contributed by atoms with van der Waals surface area (Å²) in [4.78, 5) is 27.8. The smallest absolute Gasteiger partial charge is 0.410 e. The highest BCUT2D eigenvalue weighted by Crippen LogP contribution is 2.16. The van der Waals surface area contributed by atoms with Crippen molar-refractivity contribution in [2.24, 2.45) is 5.73 Å². The van der Waals surface area contributed by atoms with Crippen molar-refractivity contribution < 1.29 is 14.3 Å². The van der Waals surface area contributed by atoms with Gasteiger partial charge < -0.3 is 20.3 Å². The van der Waals surface area contributed by atoms with Crippen molar-refractivity contribution in [1.82, 2.24) is 20.0 Å². The molecule has 0 saturated carbocycles. The molecule has 1 atom stereocenters. The van der Waals surface area contributed by atoms with Crippen molar-refractivity contribution in [1.29, 1.82) is 0 Å². The van der Waals surface area contributed by atoms with E-state index >= 15 is 0 Å². The van der Waals surface area contributed by atoms with Gasteiger partial charge in [0.25, 0.3) is 5.91 Å². The van der Waals surface area contributed by atoms with Crippen molar-refractivity contribution in [2.75, 3.05) is 26.2 Å². The number of aromatic nitrogens is 2. The van der Waals surface area contributed by atoms with E-state index in [0.29, 0.717) is 25.3 Å². The molecule has 1 aromatic rings. The van der Waals surface area contributed by atoms with E-state index in [9.17, 15) is 9.59 Å². The standard InChI is InChI=1S/C14H23N5O3/c1-14(2,3)22-13(21)18-6-7-19(10(8-15)9-18)12(20)11-4-5-16-17-11/h4-5,10H,6-9,15H2,1-3H3,(H,16,17). The summed E-state index contributed by atoms with van der Waals surface area (Å²) < 4.78 is 5.36. The molecule has 0 radical (unpaired) electrons. The SMILES string of the molecule is CC(C)(C)OC(=O)N1CCN(C(=O)c2ccn[nH]2)C(CN)C1. The molecule has 3 N–H and O–H groups in total. The molecule has 1 aliphatic rings. The summed E-state index contributed by atoms with van der Waals surface area (Å²) in [6.07, 6.45) is 1.15. The molecule has 2 amide bonds. The number of hydrogen-bond acceptors (Lipinski definition) is 5. The van der Waals surface area contributed by atoms with E-state index < -0.39 is 5.60 Å². The molecule has 2 heterocycles. The van der Waals surface area contributed by atoms with Crippen LogP contribution in [0.4, 0.5) is 4.79 Å². The average molecular weight is 309 g/mol. The fourth-order valence-electron chi connectivity index (χ4n) is 2.35. The number of rotatable bonds is 2. The minimum absolute atomic E-state index is 0.156. The first-order chi connectivity index (χ1) is 10.3. The quantitative estimate of drug-likeness (QED) is 0.824. The molecule has 1 unspecified atom stereocenters. The molecule has 8 heteroatoms. The van der Waals surface area contributed by atoms with Gasteiger partial charge in [0.2, 0.25) is 0 Å². The van der Waals surface area contributed by atoms with Gasteiger partial charge in [-0.05, 0) is 26.8 Å². The van der Waals surface area contributed by atoms with Crippen LogP contribution in [0.25, 0.3) is 0 Å². The largest absolute Gasteiger partial charge is 0.444 e. The van der Waals surface area contributed by atoms with Gasteiger partial charge in [0.1, 0.15) is 11.3 Å². The van der Waals surface area contributed by atoms with E-state index in [1.807, 2.05) is 20.8 Å². The molecule has 122 valence electrons. The Labute approximate surface area is 129 Å². The maximum atomic E-state index is 12.4. The first kappa shape index (κ1) is 16.3. The van der Waals surface area contributed by atoms with Gasteiger partial charge in [-0.25, -0.2) is 4.79 Å². The van der Waals surface area contributed by atoms with Gasteiger partial charge in [-0.1, -0.05) is 0 Å². The number of nitrogens with one attached hydrogen (secondary N) is 1. The number of H-pyrrole nitrogens is 1. The van der Waals surface area contributed by atoms with Gasteiger partial charge in [0, 0.05) is 32.4 Å². The first-order valence-corrected chi connectivity index (χ1v) is 7.30. The third-order valence-electron chi connectivity index (χ3n) is 3.40. The van der Waals surface area contributed by atoms with Gasteiger partial charge in [-0.2, -0.15) is 5.10 Å². The first-order valence-electron chi connectivity index (χ1n) is 7.30. The molecular formula is C14H23N5O3. The number of nitrogens with zero attached hydrogens (tertiary/aromatic N) is 3. The third-order valence-corrected chi connectivity index (χ3v) is 3.40. The fourth-order valence-corrected chi connectivity index (χ4v) is 2.35. The van der Waals surface area contributed by atoms with E-state index in [2.05, 4.69) is 10.2 Å². The average Bonchev–Trinajstić information content (AvgIpc) is 2.98. The summed E-state index contributed by atoms with van der Waals surface area (Å²) in [5, 5.41) is 6.44. The molecular weight excluding hydrogens is 286 g/mol. The number of amides is 2. The summed E-state index contributed by atoms with van der Waals surface area (Å²) in [6.45, 7) is 6.95. The van der Waals surface area contributed by atoms with Gasteiger partial charge in [-0.15, -0.1) is 0 Å². The van der Waals surface area contributed by atoms with Crippen LogP contribution in [-0.2, 0) is 4.74 Å². The molecule has 0 aromatic carbocycles. The zero-order chi connectivity index (χ0) is 16.3. The highest BCUT2D eigenvalue weighted by molar-refractivity contribution is 5.92. The van der Waals surface area contributed by atoms with E-state index in [4.69, 9.17) is 10.5 Å². The molecule has 8 nitrogen and oxygen atoms in total. The van der Waals surface area contributed by atoms with E-state index in [-0.39, 0.29) is 24.6 Å². The van der Waals surface area contributed by atoms with Crippen LogP contribution < -0.4 is 5.73 Å². The maximum Gasteiger partial charge on any atom is 0.410 e. The summed E-state index contributed by atoms with van der Waals surface area (Å²) in [5.41, 5.74) is 5.65. The van der Waals surface area contributed by atoms with Crippen LogP contribution >= 0.6 is 0 Å². The van der Waals surface area contributed by atoms with Crippen LogP contribution in [0.1, 0.15) is 31.3 Å². The predicted octanol–water partition coefficient (Wildman–Crippen LogP) is 0.430. The number of piperazine rings is 1. The van der Waals surface area contributed by atoms with Crippen molar-refractivity contribution in [2.45, 2.75) is 32.4 Å². The van der Waals surface area contributed by atoms with E-state index in [1.54, 1.807) is 15.9 Å². The molecule has 0 spiro atoms. The molecule has 1 fully saturated rings. The summed E-state index contributed by atoms with van der Waals surface area (Å²) in [6, 6.07) is 1.38. The monoisotopic (exact) mass is 309 g/mol. The van der Waals surface area contributed by atoms with E-state index in [0.717, 1.165) is 0 Å². The van der Waals surface area contributed by atoms with Crippen molar-refractivity contribution in [3.8, 4) is 0 Å². The van der Waals surface area contributed by atoms with Crippen LogP contribution in [0, 0.1) is 0 Å². The Morgan fingerprint density at radius 1 is 1.45 bits per heavy atom. The lowest BCUT2D eigenvalue weighted by Crippen LogP contribution is -2.59. The second kappa shape index (κ2) is 6.35. The Balaban J connectivity index is 2.02. The Kier molecular flexibility index (Phi) is 4.70. The number of carbonyl (C=O) groups excluding carboxylic acids is 2. The zero-order valence-corrected chi connectivity index (χ0v) is 13.2. The molecule has 22 heavy (non-hydrogen) atoms. The minimum atomic E-state index is -0.543.